The minimum absolute atomic E-state index is 0.0269. The highest BCUT2D eigenvalue weighted by molar-refractivity contribution is 8.00. The van der Waals surface area contributed by atoms with Gasteiger partial charge in [0.1, 0.15) is 5.75 Å². The van der Waals surface area contributed by atoms with Gasteiger partial charge < -0.3 is 10.1 Å². The fraction of sp³-hybridized carbons (Fsp3) is 0.188. The first-order valence-corrected chi connectivity index (χ1v) is 7.72. The van der Waals surface area contributed by atoms with E-state index in [1.54, 1.807) is 6.07 Å². The number of thioether (sulfide) groups is 1. The topological polar surface area (TPSA) is 38.3 Å². The Bertz CT molecular complexity index is 719. The van der Waals surface area contributed by atoms with Crippen molar-refractivity contribution in [2.75, 3.05) is 0 Å². The predicted molar refractivity (Wildman–Crippen MR) is 82.6 cm³/mol. The highest BCUT2D eigenvalue weighted by atomic mass is 32.2. The summed E-state index contributed by atoms with van der Waals surface area (Å²) in [5.74, 6) is -0.529. The van der Waals surface area contributed by atoms with Crippen LogP contribution in [0.15, 0.2) is 53.4 Å². The molecule has 1 N–H and O–H groups in total. The first kappa shape index (κ1) is 19.0. The van der Waals surface area contributed by atoms with Crippen molar-refractivity contribution >= 4 is 17.7 Å². The standard InChI is InChI=1S/C16H12F5NO2S/c17-15(18)24-12-3-1-2-10(8-12)9-22-14(23)11-4-6-13(7-5-11)25-16(19,20)21/h1-8,15H,9H2,(H,22,23). The summed E-state index contributed by atoms with van der Waals surface area (Å²) in [5, 5.41) is 2.55. The molecule has 0 spiro atoms. The third-order valence-corrected chi connectivity index (χ3v) is 3.67. The maximum Gasteiger partial charge on any atom is 0.446 e. The van der Waals surface area contributed by atoms with Gasteiger partial charge >= 0.3 is 12.1 Å². The number of ether oxygens (including phenoxy) is 1. The van der Waals surface area contributed by atoms with Crippen LogP contribution < -0.4 is 10.1 Å². The molecule has 0 heterocycles. The minimum atomic E-state index is -4.39. The SMILES string of the molecule is O=C(NCc1cccc(OC(F)F)c1)c1ccc(SC(F)(F)F)cc1. The first-order chi connectivity index (χ1) is 11.7. The Kier molecular flexibility index (Phi) is 6.24. The number of benzene rings is 2. The van der Waals surface area contributed by atoms with Gasteiger partial charge in [0.25, 0.3) is 5.91 Å². The van der Waals surface area contributed by atoms with Crippen molar-refractivity contribution in [1.29, 1.82) is 0 Å². The van der Waals surface area contributed by atoms with E-state index in [2.05, 4.69) is 10.1 Å². The van der Waals surface area contributed by atoms with Crippen molar-refractivity contribution < 1.29 is 31.5 Å². The van der Waals surface area contributed by atoms with Gasteiger partial charge in [-0.2, -0.15) is 22.0 Å². The van der Waals surface area contributed by atoms with E-state index in [4.69, 9.17) is 0 Å². The van der Waals surface area contributed by atoms with Gasteiger partial charge in [0.15, 0.2) is 0 Å². The first-order valence-electron chi connectivity index (χ1n) is 6.91. The molecule has 1 amide bonds. The van der Waals surface area contributed by atoms with E-state index in [0.717, 1.165) is 0 Å². The van der Waals surface area contributed by atoms with Gasteiger partial charge in [-0.1, -0.05) is 12.1 Å². The van der Waals surface area contributed by atoms with Crippen LogP contribution in [0.1, 0.15) is 15.9 Å². The highest BCUT2D eigenvalue weighted by Gasteiger charge is 2.29. The summed E-state index contributed by atoms with van der Waals surface area (Å²) < 4.78 is 65.3. The fourth-order valence-electron chi connectivity index (χ4n) is 1.92. The molecule has 3 nitrogen and oxygen atoms in total. The molecule has 9 heteroatoms. The quantitative estimate of drug-likeness (QED) is 0.579. The van der Waals surface area contributed by atoms with E-state index in [9.17, 15) is 26.7 Å². The lowest BCUT2D eigenvalue weighted by molar-refractivity contribution is -0.0499. The lowest BCUT2D eigenvalue weighted by atomic mass is 10.2. The van der Waals surface area contributed by atoms with Crippen LogP contribution in [0, 0.1) is 0 Å². The van der Waals surface area contributed by atoms with Crippen molar-refractivity contribution in [3.05, 3.63) is 59.7 Å². The molecular formula is C16H12F5NO2S. The van der Waals surface area contributed by atoms with E-state index in [1.807, 2.05) is 0 Å². The molecule has 0 fully saturated rings. The number of rotatable bonds is 6. The van der Waals surface area contributed by atoms with Gasteiger partial charge in [-0.05, 0) is 53.7 Å². The number of amides is 1. The van der Waals surface area contributed by atoms with Crippen LogP contribution in [0.3, 0.4) is 0 Å². The Balaban J connectivity index is 1.94. The Labute approximate surface area is 144 Å². The molecule has 0 bridgehead atoms. The fourth-order valence-corrected chi connectivity index (χ4v) is 2.46. The van der Waals surface area contributed by atoms with Gasteiger partial charge in [-0.15, -0.1) is 0 Å². The molecule has 0 unspecified atom stereocenters. The molecular weight excluding hydrogens is 365 g/mol. The van der Waals surface area contributed by atoms with E-state index in [0.29, 0.717) is 5.56 Å². The van der Waals surface area contributed by atoms with Gasteiger partial charge in [-0.3, -0.25) is 4.79 Å². The smallest absolute Gasteiger partial charge is 0.435 e. The highest BCUT2D eigenvalue weighted by Crippen LogP contribution is 2.36. The van der Waals surface area contributed by atoms with Crippen LogP contribution in [-0.4, -0.2) is 18.0 Å². The van der Waals surface area contributed by atoms with Gasteiger partial charge in [0.05, 0.1) is 0 Å². The molecule has 25 heavy (non-hydrogen) atoms. The van der Waals surface area contributed by atoms with Crippen molar-refractivity contribution in [3.63, 3.8) is 0 Å². The molecule has 0 saturated heterocycles. The lowest BCUT2D eigenvalue weighted by Gasteiger charge is -2.09. The van der Waals surface area contributed by atoms with Crippen molar-refractivity contribution in [2.45, 2.75) is 23.6 Å². The number of nitrogens with one attached hydrogen (secondary N) is 1. The van der Waals surface area contributed by atoms with E-state index >= 15 is 0 Å². The Morgan fingerprint density at radius 1 is 1.12 bits per heavy atom. The summed E-state index contributed by atoms with van der Waals surface area (Å²) >= 11 is -0.269. The number of hydrogen-bond acceptors (Lipinski definition) is 3. The maximum atomic E-state index is 12.2. The monoisotopic (exact) mass is 377 g/mol. The molecule has 0 saturated carbocycles. The Morgan fingerprint density at radius 2 is 1.80 bits per heavy atom. The summed E-state index contributed by atoms with van der Waals surface area (Å²) in [6.07, 6.45) is 0. The summed E-state index contributed by atoms with van der Waals surface area (Å²) in [6.45, 7) is -2.89. The molecule has 0 atom stereocenters. The largest absolute Gasteiger partial charge is 0.446 e. The molecule has 0 aliphatic rings. The number of carbonyl (C=O) groups is 1. The normalized spacial score (nSPS) is 11.4. The summed E-state index contributed by atoms with van der Waals surface area (Å²) in [4.78, 5) is 12.0. The molecule has 2 aromatic rings. The third-order valence-electron chi connectivity index (χ3n) is 2.93. The van der Waals surface area contributed by atoms with Crippen LogP contribution in [0.5, 0.6) is 5.75 Å². The Morgan fingerprint density at radius 3 is 2.40 bits per heavy atom. The third kappa shape index (κ3) is 6.61. The zero-order valence-electron chi connectivity index (χ0n) is 12.5. The number of carbonyl (C=O) groups excluding carboxylic acids is 1. The number of hydrogen-bond donors (Lipinski definition) is 1. The average molecular weight is 377 g/mol. The van der Waals surface area contributed by atoms with E-state index < -0.39 is 18.0 Å². The summed E-state index contributed by atoms with van der Waals surface area (Å²) in [5.41, 5.74) is -3.67. The molecule has 0 aliphatic heterocycles. The molecule has 0 aromatic heterocycles. The number of halogens is 5. The second kappa shape index (κ2) is 8.19. The van der Waals surface area contributed by atoms with Gasteiger partial charge in [-0.25, -0.2) is 0 Å². The van der Waals surface area contributed by atoms with Crippen LogP contribution in [0.2, 0.25) is 0 Å². The van der Waals surface area contributed by atoms with Gasteiger partial charge in [0, 0.05) is 17.0 Å². The average Bonchev–Trinajstić information content (AvgIpc) is 2.51. The maximum absolute atomic E-state index is 12.2. The number of alkyl halides is 5. The molecule has 0 radical (unpaired) electrons. The second-order valence-electron chi connectivity index (χ2n) is 4.78. The zero-order valence-corrected chi connectivity index (χ0v) is 13.3. The second-order valence-corrected chi connectivity index (χ2v) is 5.92. The van der Waals surface area contributed by atoms with Crippen molar-refractivity contribution in [1.82, 2.24) is 5.32 Å². The predicted octanol–water partition coefficient (Wildman–Crippen LogP) is 4.83. The Hall–Kier alpha value is -2.29. The van der Waals surface area contributed by atoms with E-state index in [-0.39, 0.29) is 34.5 Å². The lowest BCUT2D eigenvalue weighted by Crippen LogP contribution is -2.22. The van der Waals surface area contributed by atoms with Crippen LogP contribution >= 0.6 is 11.8 Å². The van der Waals surface area contributed by atoms with E-state index in [1.165, 1.54) is 42.5 Å². The van der Waals surface area contributed by atoms with Crippen LogP contribution in [0.25, 0.3) is 0 Å². The minimum Gasteiger partial charge on any atom is -0.435 e. The van der Waals surface area contributed by atoms with Crippen molar-refractivity contribution in [3.8, 4) is 5.75 Å². The van der Waals surface area contributed by atoms with Gasteiger partial charge in [0.2, 0.25) is 0 Å². The molecule has 2 rings (SSSR count). The molecule has 2 aromatic carbocycles. The summed E-state index contributed by atoms with van der Waals surface area (Å²) in [6, 6.07) is 10.8. The zero-order chi connectivity index (χ0) is 18.4. The molecule has 0 aliphatic carbocycles. The van der Waals surface area contributed by atoms with Crippen molar-refractivity contribution in [2.24, 2.45) is 0 Å². The molecule has 134 valence electrons. The van der Waals surface area contributed by atoms with Crippen LogP contribution in [-0.2, 0) is 6.54 Å². The van der Waals surface area contributed by atoms with Crippen LogP contribution in [0.4, 0.5) is 22.0 Å². The summed E-state index contributed by atoms with van der Waals surface area (Å²) in [7, 11) is 0.